The van der Waals surface area contributed by atoms with E-state index in [1.165, 1.54) is 6.42 Å². The van der Waals surface area contributed by atoms with E-state index in [0.29, 0.717) is 13.1 Å². The molecule has 2 rings (SSSR count). The number of alkyl halides is 3. The van der Waals surface area contributed by atoms with Gasteiger partial charge in [-0.3, -0.25) is 4.79 Å². The summed E-state index contributed by atoms with van der Waals surface area (Å²) < 4.78 is 37.3. The molecule has 3 nitrogen and oxygen atoms in total. The van der Waals surface area contributed by atoms with Crippen LogP contribution in [0.3, 0.4) is 0 Å². The first-order valence-corrected chi connectivity index (χ1v) is 7.43. The average Bonchev–Trinajstić information content (AvgIpc) is 2.46. The number of halogens is 3. The van der Waals surface area contributed by atoms with Crippen LogP contribution in [0.5, 0.6) is 0 Å². The summed E-state index contributed by atoms with van der Waals surface area (Å²) in [6.45, 7) is 0.681. The number of nitrogens with zero attached hydrogens (tertiary/aromatic N) is 1. The first kappa shape index (κ1) is 15.6. The molecule has 1 N–H and O–H groups in total. The molecular formula is C14H22F3NO2. The fourth-order valence-corrected chi connectivity index (χ4v) is 3.31. The van der Waals surface area contributed by atoms with Gasteiger partial charge in [0.1, 0.15) is 0 Å². The molecule has 1 aliphatic carbocycles. The van der Waals surface area contributed by atoms with Gasteiger partial charge in [0.15, 0.2) is 6.10 Å². The van der Waals surface area contributed by atoms with Crippen molar-refractivity contribution in [2.45, 2.75) is 57.2 Å². The molecule has 0 radical (unpaired) electrons. The standard InChI is InChI=1S/C14H22F3NO2/c15-14(16,17)12(19)10-6-8-18(9-7-10)13(20)11-4-2-1-3-5-11/h10-12,19H,1-9H2. The Bertz CT molecular complexity index is 332. The number of hydrogen-bond acceptors (Lipinski definition) is 2. The molecule has 1 unspecified atom stereocenters. The van der Waals surface area contributed by atoms with Gasteiger partial charge in [-0.1, -0.05) is 19.3 Å². The number of aliphatic hydroxyl groups is 1. The summed E-state index contributed by atoms with van der Waals surface area (Å²) in [4.78, 5) is 14.0. The van der Waals surface area contributed by atoms with E-state index in [0.717, 1.165) is 25.7 Å². The number of rotatable bonds is 2. The van der Waals surface area contributed by atoms with Gasteiger partial charge in [0.25, 0.3) is 0 Å². The Balaban J connectivity index is 1.83. The van der Waals surface area contributed by atoms with Gasteiger partial charge in [0, 0.05) is 19.0 Å². The topological polar surface area (TPSA) is 40.5 Å². The highest BCUT2D eigenvalue weighted by Gasteiger charge is 2.44. The Morgan fingerprint density at radius 2 is 1.60 bits per heavy atom. The maximum Gasteiger partial charge on any atom is 0.414 e. The van der Waals surface area contributed by atoms with Crippen molar-refractivity contribution < 1.29 is 23.1 Å². The van der Waals surface area contributed by atoms with E-state index < -0.39 is 18.2 Å². The van der Waals surface area contributed by atoms with Gasteiger partial charge < -0.3 is 10.0 Å². The number of likely N-dealkylation sites (tertiary alicyclic amines) is 1. The molecule has 2 aliphatic rings. The molecule has 116 valence electrons. The lowest BCUT2D eigenvalue weighted by Gasteiger charge is -2.37. The zero-order chi connectivity index (χ0) is 14.8. The van der Waals surface area contributed by atoms with Crippen molar-refractivity contribution in [3.63, 3.8) is 0 Å². The molecule has 1 saturated heterocycles. The molecule has 0 aromatic carbocycles. The van der Waals surface area contributed by atoms with Crippen molar-refractivity contribution in [3.8, 4) is 0 Å². The van der Waals surface area contributed by atoms with Crippen molar-refractivity contribution in [2.24, 2.45) is 11.8 Å². The molecule has 1 heterocycles. The van der Waals surface area contributed by atoms with Crippen LogP contribution in [0.25, 0.3) is 0 Å². The zero-order valence-electron chi connectivity index (χ0n) is 11.5. The minimum atomic E-state index is -4.56. The molecule has 0 bridgehead atoms. The van der Waals surface area contributed by atoms with Gasteiger partial charge in [-0.05, 0) is 31.6 Å². The molecular weight excluding hydrogens is 271 g/mol. The van der Waals surface area contributed by atoms with Crippen LogP contribution in [0.2, 0.25) is 0 Å². The molecule has 1 aliphatic heterocycles. The van der Waals surface area contributed by atoms with Crippen LogP contribution < -0.4 is 0 Å². The number of amides is 1. The largest absolute Gasteiger partial charge is 0.414 e. The van der Waals surface area contributed by atoms with Crippen molar-refractivity contribution in [3.05, 3.63) is 0 Å². The first-order chi connectivity index (χ1) is 9.39. The Hall–Kier alpha value is -0.780. The Kier molecular flexibility index (Phi) is 4.94. The predicted molar refractivity (Wildman–Crippen MR) is 67.9 cm³/mol. The highest BCUT2D eigenvalue weighted by Crippen LogP contribution is 2.33. The molecule has 6 heteroatoms. The summed E-state index contributed by atoms with van der Waals surface area (Å²) in [6.07, 6.45) is -1.22. The lowest BCUT2D eigenvalue weighted by molar-refractivity contribution is -0.223. The first-order valence-electron chi connectivity index (χ1n) is 7.43. The molecule has 0 spiro atoms. The number of carbonyl (C=O) groups excluding carboxylic acids is 1. The van der Waals surface area contributed by atoms with E-state index in [-0.39, 0.29) is 24.7 Å². The Morgan fingerprint density at radius 3 is 2.10 bits per heavy atom. The summed E-state index contributed by atoms with van der Waals surface area (Å²) in [5.41, 5.74) is 0. The molecule has 1 amide bonds. The zero-order valence-corrected chi connectivity index (χ0v) is 11.5. The third kappa shape index (κ3) is 3.65. The van der Waals surface area contributed by atoms with Crippen LogP contribution in [0.4, 0.5) is 13.2 Å². The van der Waals surface area contributed by atoms with E-state index in [4.69, 9.17) is 0 Å². The van der Waals surface area contributed by atoms with Gasteiger partial charge in [-0.25, -0.2) is 0 Å². The van der Waals surface area contributed by atoms with Crippen LogP contribution in [-0.4, -0.2) is 41.3 Å². The van der Waals surface area contributed by atoms with E-state index in [1.807, 2.05) is 0 Å². The second-order valence-electron chi connectivity index (χ2n) is 5.98. The molecule has 0 aromatic heterocycles. The second-order valence-corrected chi connectivity index (χ2v) is 5.98. The molecule has 1 atom stereocenters. The Morgan fingerprint density at radius 1 is 1.05 bits per heavy atom. The van der Waals surface area contributed by atoms with E-state index in [2.05, 4.69) is 0 Å². The number of hydrogen-bond donors (Lipinski definition) is 1. The van der Waals surface area contributed by atoms with Gasteiger partial charge in [-0.2, -0.15) is 13.2 Å². The summed E-state index contributed by atoms with van der Waals surface area (Å²) in [7, 11) is 0. The van der Waals surface area contributed by atoms with E-state index in [1.54, 1.807) is 4.90 Å². The highest BCUT2D eigenvalue weighted by molar-refractivity contribution is 5.79. The van der Waals surface area contributed by atoms with Gasteiger partial charge in [0.2, 0.25) is 5.91 Å². The third-order valence-electron chi connectivity index (χ3n) is 4.59. The maximum atomic E-state index is 12.4. The fourth-order valence-electron chi connectivity index (χ4n) is 3.31. The second kappa shape index (κ2) is 6.33. The van der Waals surface area contributed by atoms with Crippen molar-refractivity contribution in [2.75, 3.05) is 13.1 Å². The minimum absolute atomic E-state index is 0.0628. The highest BCUT2D eigenvalue weighted by atomic mass is 19.4. The smallest absolute Gasteiger partial charge is 0.383 e. The third-order valence-corrected chi connectivity index (χ3v) is 4.59. The van der Waals surface area contributed by atoms with Crippen LogP contribution >= 0.6 is 0 Å². The van der Waals surface area contributed by atoms with Crippen LogP contribution in [-0.2, 0) is 4.79 Å². The van der Waals surface area contributed by atoms with Crippen LogP contribution in [0.1, 0.15) is 44.9 Å². The molecule has 20 heavy (non-hydrogen) atoms. The van der Waals surface area contributed by atoms with Crippen LogP contribution in [0.15, 0.2) is 0 Å². The minimum Gasteiger partial charge on any atom is -0.383 e. The number of carbonyl (C=O) groups is 1. The molecule has 2 fully saturated rings. The van der Waals surface area contributed by atoms with Crippen molar-refractivity contribution in [1.82, 2.24) is 4.90 Å². The van der Waals surface area contributed by atoms with Crippen molar-refractivity contribution in [1.29, 1.82) is 0 Å². The summed E-state index contributed by atoms with van der Waals surface area (Å²) in [5.74, 6) is -0.608. The predicted octanol–water partition coefficient (Wildman–Crippen LogP) is 2.73. The average molecular weight is 293 g/mol. The number of aliphatic hydroxyl groups excluding tert-OH is 1. The summed E-state index contributed by atoms with van der Waals surface area (Å²) in [5, 5.41) is 9.26. The Labute approximate surface area is 117 Å². The fraction of sp³-hybridized carbons (Fsp3) is 0.929. The monoisotopic (exact) mass is 293 g/mol. The maximum absolute atomic E-state index is 12.4. The lowest BCUT2D eigenvalue weighted by atomic mass is 9.86. The van der Waals surface area contributed by atoms with Gasteiger partial charge >= 0.3 is 6.18 Å². The van der Waals surface area contributed by atoms with Gasteiger partial charge in [0.05, 0.1) is 0 Å². The summed E-state index contributed by atoms with van der Waals surface area (Å²) in [6, 6.07) is 0. The van der Waals surface area contributed by atoms with Crippen molar-refractivity contribution >= 4 is 5.91 Å². The van der Waals surface area contributed by atoms with E-state index >= 15 is 0 Å². The molecule has 1 saturated carbocycles. The van der Waals surface area contributed by atoms with Gasteiger partial charge in [-0.15, -0.1) is 0 Å². The lowest BCUT2D eigenvalue weighted by Crippen LogP contribution is -2.46. The normalized spacial score (nSPS) is 24.7. The summed E-state index contributed by atoms with van der Waals surface area (Å²) >= 11 is 0. The van der Waals surface area contributed by atoms with Crippen LogP contribution in [0, 0.1) is 11.8 Å². The quantitative estimate of drug-likeness (QED) is 0.850. The molecule has 0 aromatic rings. The SMILES string of the molecule is O=C(C1CCCCC1)N1CCC(C(O)C(F)(F)F)CC1. The number of piperidine rings is 1. The van der Waals surface area contributed by atoms with E-state index in [9.17, 15) is 23.1 Å².